The summed E-state index contributed by atoms with van der Waals surface area (Å²) in [5.74, 6) is -1.62. The van der Waals surface area contributed by atoms with Gasteiger partial charge in [-0.3, -0.25) is 13.9 Å². The molecular weight excluding hydrogens is 589 g/mol. The molecule has 0 aliphatic rings. The highest BCUT2D eigenvalue weighted by Crippen LogP contribution is 2.26. The minimum absolute atomic E-state index is 0.0226. The molecule has 4 aromatic rings. The lowest BCUT2D eigenvalue weighted by molar-refractivity contribution is -0.140. The van der Waals surface area contributed by atoms with Crippen molar-refractivity contribution in [2.45, 2.75) is 64.1 Å². The van der Waals surface area contributed by atoms with E-state index in [4.69, 9.17) is 0 Å². The summed E-state index contributed by atoms with van der Waals surface area (Å²) in [5, 5.41) is 2.97. The number of rotatable bonds is 11. The van der Waals surface area contributed by atoms with Gasteiger partial charge >= 0.3 is 0 Å². The maximum absolute atomic E-state index is 15.0. The van der Waals surface area contributed by atoms with Crippen molar-refractivity contribution in [2.75, 3.05) is 10.8 Å². The van der Waals surface area contributed by atoms with Gasteiger partial charge in [-0.25, -0.2) is 12.8 Å². The van der Waals surface area contributed by atoms with Gasteiger partial charge in [-0.05, 0) is 76.1 Å². The third-order valence-corrected chi connectivity index (χ3v) is 9.03. The molecule has 1 unspecified atom stereocenters. The van der Waals surface area contributed by atoms with Crippen LogP contribution in [0.2, 0.25) is 0 Å². The van der Waals surface area contributed by atoms with Gasteiger partial charge in [0.25, 0.3) is 10.0 Å². The summed E-state index contributed by atoms with van der Waals surface area (Å²) < 4.78 is 44.4. The molecule has 0 fully saturated rings. The first-order valence-corrected chi connectivity index (χ1v) is 16.2. The van der Waals surface area contributed by atoms with E-state index in [2.05, 4.69) is 5.32 Å². The lowest BCUT2D eigenvalue weighted by atomic mass is 10.0. The zero-order chi connectivity index (χ0) is 32.8. The quantitative estimate of drug-likeness (QED) is 0.214. The Balaban J connectivity index is 1.83. The van der Waals surface area contributed by atoms with Crippen molar-refractivity contribution < 1.29 is 22.4 Å². The fourth-order valence-corrected chi connectivity index (χ4v) is 6.37. The molecule has 0 saturated heterocycles. The predicted molar refractivity (Wildman–Crippen MR) is 176 cm³/mol. The maximum atomic E-state index is 15.0. The van der Waals surface area contributed by atoms with Crippen molar-refractivity contribution in [1.29, 1.82) is 0 Å². The number of sulfonamides is 1. The molecule has 9 heteroatoms. The molecule has 1 N–H and O–H groups in total. The van der Waals surface area contributed by atoms with Gasteiger partial charge in [0.1, 0.15) is 18.4 Å². The number of hydrogen-bond acceptors (Lipinski definition) is 4. The minimum Gasteiger partial charge on any atom is -0.350 e. The number of benzene rings is 4. The SMILES string of the molecule is Cc1ccc(S(=O)(=O)N(CC(=O)N(Cc2ccccc2F)C(Cc2ccccc2)C(=O)NC(C)(C)C)c2cccc(C)c2)cc1. The van der Waals surface area contributed by atoms with Crippen LogP contribution in [0.25, 0.3) is 0 Å². The number of nitrogens with zero attached hydrogens (tertiary/aromatic N) is 2. The Morgan fingerprint density at radius 1 is 0.822 bits per heavy atom. The van der Waals surface area contributed by atoms with Crippen LogP contribution < -0.4 is 9.62 Å². The van der Waals surface area contributed by atoms with E-state index in [1.54, 1.807) is 48.5 Å². The first kappa shape index (κ1) is 33.4. The summed E-state index contributed by atoms with van der Waals surface area (Å²) in [6.07, 6.45) is 0.137. The molecule has 1 atom stereocenters. The molecule has 7 nitrogen and oxygen atoms in total. The lowest BCUT2D eigenvalue weighted by Crippen LogP contribution is -2.56. The van der Waals surface area contributed by atoms with Crippen molar-refractivity contribution in [3.63, 3.8) is 0 Å². The third kappa shape index (κ3) is 8.79. The highest BCUT2D eigenvalue weighted by atomic mass is 32.2. The van der Waals surface area contributed by atoms with E-state index in [1.807, 2.05) is 71.0 Å². The molecule has 236 valence electrons. The number of carbonyl (C=O) groups is 2. The molecule has 0 spiro atoms. The number of carbonyl (C=O) groups excluding carboxylic acids is 2. The number of aryl methyl sites for hydroxylation is 2. The van der Waals surface area contributed by atoms with Crippen LogP contribution in [-0.4, -0.2) is 43.3 Å². The van der Waals surface area contributed by atoms with Crippen LogP contribution in [0.5, 0.6) is 0 Å². The largest absolute Gasteiger partial charge is 0.350 e. The first-order valence-electron chi connectivity index (χ1n) is 14.8. The van der Waals surface area contributed by atoms with Crippen LogP contribution in [0, 0.1) is 19.7 Å². The van der Waals surface area contributed by atoms with Crippen molar-refractivity contribution in [3.05, 3.63) is 131 Å². The van der Waals surface area contributed by atoms with Gasteiger partial charge in [0.05, 0.1) is 10.6 Å². The molecule has 4 rings (SSSR count). The average molecular weight is 630 g/mol. The fraction of sp³-hybridized carbons (Fsp3) is 0.278. The highest BCUT2D eigenvalue weighted by Gasteiger charge is 2.36. The minimum atomic E-state index is -4.22. The van der Waals surface area contributed by atoms with Crippen molar-refractivity contribution in [3.8, 4) is 0 Å². The van der Waals surface area contributed by atoms with E-state index in [0.29, 0.717) is 5.69 Å². The molecule has 45 heavy (non-hydrogen) atoms. The van der Waals surface area contributed by atoms with Gasteiger partial charge in [-0.1, -0.05) is 78.4 Å². The van der Waals surface area contributed by atoms with Crippen molar-refractivity contribution >= 4 is 27.5 Å². The fourth-order valence-electron chi connectivity index (χ4n) is 4.97. The number of amides is 2. The molecule has 0 radical (unpaired) electrons. The topological polar surface area (TPSA) is 86.8 Å². The highest BCUT2D eigenvalue weighted by molar-refractivity contribution is 7.92. The second kappa shape index (κ2) is 14.1. The summed E-state index contributed by atoms with van der Waals surface area (Å²) in [7, 11) is -4.22. The van der Waals surface area contributed by atoms with E-state index in [1.165, 1.54) is 23.1 Å². The molecule has 2 amide bonds. The normalized spacial score (nSPS) is 12.3. The molecule has 0 aliphatic heterocycles. The summed E-state index contributed by atoms with van der Waals surface area (Å²) in [6.45, 7) is 8.34. The zero-order valence-electron chi connectivity index (χ0n) is 26.3. The predicted octanol–water partition coefficient (Wildman–Crippen LogP) is 6.19. The monoisotopic (exact) mass is 629 g/mol. The Morgan fingerprint density at radius 2 is 1.47 bits per heavy atom. The molecule has 0 aliphatic carbocycles. The Kier molecular flexibility index (Phi) is 10.4. The van der Waals surface area contributed by atoms with Gasteiger partial charge in [-0.2, -0.15) is 0 Å². The van der Waals surface area contributed by atoms with Crippen LogP contribution in [-0.2, 0) is 32.6 Å². The summed E-state index contributed by atoms with van der Waals surface area (Å²) in [4.78, 5) is 29.7. The van der Waals surface area contributed by atoms with Crippen LogP contribution in [0.15, 0.2) is 108 Å². The number of hydrogen-bond donors (Lipinski definition) is 1. The van der Waals surface area contributed by atoms with Crippen molar-refractivity contribution in [1.82, 2.24) is 10.2 Å². The van der Waals surface area contributed by atoms with E-state index < -0.39 is 45.8 Å². The van der Waals surface area contributed by atoms with Gasteiger partial charge in [0.2, 0.25) is 11.8 Å². The van der Waals surface area contributed by atoms with Crippen LogP contribution in [0.3, 0.4) is 0 Å². The Hall–Kier alpha value is -4.50. The smallest absolute Gasteiger partial charge is 0.264 e. The molecular formula is C36H40FN3O4S. The first-order chi connectivity index (χ1) is 21.2. The lowest BCUT2D eigenvalue weighted by Gasteiger charge is -2.35. The second-order valence-electron chi connectivity index (χ2n) is 12.2. The summed E-state index contributed by atoms with van der Waals surface area (Å²) in [6, 6.07) is 27.5. The molecule has 0 aromatic heterocycles. The van der Waals surface area contributed by atoms with Gasteiger partial charge in [0.15, 0.2) is 0 Å². The van der Waals surface area contributed by atoms with Gasteiger partial charge in [-0.15, -0.1) is 0 Å². The van der Waals surface area contributed by atoms with Gasteiger partial charge in [0, 0.05) is 24.1 Å². The van der Waals surface area contributed by atoms with Crippen LogP contribution in [0.1, 0.15) is 43.0 Å². The van der Waals surface area contributed by atoms with Crippen LogP contribution >= 0.6 is 0 Å². The van der Waals surface area contributed by atoms with Crippen molar-refractivity contribution in [2.24, 2.45) is 0 Å². The van der Waals surface area contributed by atoms with Gasteiger partial charge < -0.3 is 10.2 Å². The number of halogens is 1. The second-order valence-corrected chi connectivity index (χ2v) is 14.1. The molecule has 0 heterocycles. The standard InChI is InChI=1S/C36H40FN3O4S/c1-26-18-20-31(21-19-26)45(43,44)40(30-16-11-12-27(2)22-30)25-34(41)39(24-29-15-9-10-17-32(29)37)33(35(42)38-36(3,4)5)23-28-13-7-6-8-14-28/h6-22,33H,23-25H2,1-5H3,(H,38,42). The Labute approximate surface area is 265 Å². The number of nitrogens with one attached hydrogen (secondary N) is 1. The third-order valence-electron chi connectivity index (χ3n) is 7.25. The number of anilines is 1. The maximum Gasteiger partial charge on any atom is 0.264 e. The van der Waals surface area contributed by atoms with E-state index >= 15 is 4.39 Å². The average Bonchev–Trinajstić information content (AvgIpc) is 2.98. The Morgan fingerprint density at radius 3 is 2.09 bits per heavy atom. The Bertz CT molecular complexity index is 1740. The molecule has 4 aromatic carbocycles. The van der Waals surface area contributed by atoms with Crippen LogP contribution in [0.4, 0.5) is 10.1 Å². The molecule has 0 saturated carbocycles. The summed E-state index contributed by atoms with van der Waals surface area (Å²) >= 11 is 0. The van der Waals surface area contributed by atoms with E-state index in [9.17, 15) is 18.0 Å². The zero-order valence-corrected chi connectivity index (χ0v) is 27.1. The molecule has 0 bridgehead atoms. The summed E-state index contributed by atoms with van der Waals surface area (Å²) in [5.41, 5.74) is 2.36. The van der Waals surface area contributed by atoms with E-state index in [-0.39, 0.29) is 23.4 Å². The van der Waals surface area contributed by atoms with E-state index in [0.717, 1.165) is 21.0 Å².